The fourth-order valence-electron chi connectivity index (χ4n) is 1.51. The highest BCUT2D eigenvalue weighted by Gasteiger charge is 2.07. The maximum Gasteiger partial charge on any atom is 0.189 e. The number of nitrogens with zero attached hydrogens (tertiary/aromatic N) is 4. The van der Waals surface area contributed by atoms with Crippen LogP contribution in [0.15, 0.2) is 24.3 Å². The quantitative estimate of drug-likeness (QED) is 0.807. The van der Waals surface area contributed by atoms with Gasteiger partial charge in [-0.3, -0.25) is 0 Å². The zero-order chi connectivity index (χ0) is 12.8. The lowest BCUT2D eigenvalue weighted by Crippen LogP contribution is -2.09. The van der Waals surface area contributed by atoms with Gasteiger partial charge in [-0.25, -0.2) is 4.68 Å². The summed E-state index contributed by atoms with van der Waals surface area (Å²) in [6, 6.07) is 7.35. The Kier molecular flexibility index (Phi) is 4.52. The van der Waals surface area contributed by atoms with Crippen LogP contribution in [0.2, 0.25) is 5.02 Å². The van der Waals surface area contributed by atoms with Crippen molar-refractivity contribution in [2.24, 2.45) is 0 Å². The Morgan fingerprint density at radius 2 is 2.17 bits per heavy atom. The van der Waals surface area contributed by atoms with Gasteiger partial charge < -0.3 is 4.74 Å². The summed E-state index contributed by atoms with van der Waals surface area (Å²) < 4.78 is 7.37. The number of ether oxygens (including phenoxy) is 1. The molecule has 6 heteroatoms. The molecule has 0 atom stereocenters. The normalized spacial score (nSPS) is 10.6. The maximum absolute atomic E-state index is 6.00. The van der Waals surface area contributed by atoms with Crippen LogP contribution in [0.4, 0.5) is 0 Å². The Balaban J connectivity index is 1.98. The van der Waals surface area contributed by atoms with Gasteiger partial charge in [0.15, 0.2) is 5.82 Å². The summed E-state index contributed by atoms with van der Waals surface area (Å²) in [6.07, 6.45) is 2.15. The molecule has 1 aromatic carbocycles. The molecular formula is C12H15ClN4O. The SMILES string of the molecule is CCCCn1nnnc1COc1ccccc1Cl. The van der Waals surface area contributed by atoms with Crippen molar-refractivity contribution in [3.63, 3.8) is 0 Å². The first kappa shape index (κ1) is 12.8. The molecule has 2 rings (SSSR count). The number of para-hydroxylation sites is 1. The van der Waals surface area contributed by atoms with Gasteiger partial charge >= 0.3 is 0 Å². The molecule has 2 aromatic rings. The van der Waals surface area contributed by atoms with Crippen molar-refractivity contribution in [1.82, 2.24) is 20.2 Å². The summed E-state index contributed by atoms with van der Waals surface area (Å²) in [5.74, 6) is 1.35. The van der Waals surface area contributed by atoms with Crippen LogP contribution in [0.25, 0.3) is 0 Å². The highest BCUT2D eigenvalue weighted by Crippen LogP contribution is 2.23. The Morgan fingerprint density at radius 3 is 2.94 bits per heavy atom. The maximum atomic E-state index is 6.00. The molecule has 0 spiro atoms. The summed E-state index contributed by atoms with van der Waals surface area (Å²) in [5, 5.41) is 12.1. The number of halogens is 1. The van der Waals surface area contributed by atoms with Gasteiger partial charge in [0.25, 0.3) is 0 Å². The van der Waals surface area contributed by atoms with Crippen LogP contribution in [0.1, 0.15) is 25.6 Å². The summed E-state index contributed by atoms with van der Waals surface area (Å²) in [6.45, 7) is 3.26. The molecule has 0 bridgehead atoms. The van der Waals surface area contributed by atoms with E-state index in [0.717, 1.165) is 19.4 Å². The average Bonchev–Trinajstić information content (AvgIpc) is 2.83. The molecule has 0 saturated heterocycles. The number of aromatic nitrogens is 4. The van der Waals surface area contributed by atoms with E-state index in [1.165, 1.54) is 0 Å². The average molecular weight is 267 g/mol. The minimum atomic E-state index is 0.320. The van der Waals surface area contributed by atoms with Crippen LogP contribution in [0.5, 0.6) is 5.75 Å². The van der Waals surface area contributed by atoms with Crippen molar-refractivity contribution in [1.29, 1.82) is 0 Å². The highest BCUT2D eigenvalue weighted by molar-refractivity contribution is 6.32. The van der Waals surface area contributed by atoms with E-state index in [0.29, 0.717) is 23.2 Å². The van der Waals surface area contributed by atoms with Crippen LogP contribution < -0.4 is 4.74 Å². The first-order valence-corrected chi connectivity index (χ1v) is 6.31. The van der Waals surface area contributed by atoms with Gasteiger partial charge in [0.2, 0.25) is 0 Å². The predicted molar refractivity (Wildman–Crippen MR) is 68.5 cm³/mol. The van der Waals surface area contributed by atoms with Gasteiger partial charge in [0, 0.05) is 6.54 Å². The van der Waals surface area contributed by atoms with Crippen molar-refractivity contribution in [2.45, 2.75) is 32.9 Å². The lowest BCUT2D eigenvalue weighted by Gasteiger charge is -2.07. The first-order valence-electron chi connectivity index (χ1n) is 5.93. The largest absolute Gasteiger partial charge is 0.484 e. The number of aryl methyl sites for hydroxylation is 1. The molecule has 5 nitrogen and oxygen atoms in total. The molecule has 1 aromatic heterocycles. The van der Waals surface area contributed by atoms with Crippen molar-refractivity contribution in [3.8, 4) is 5.75 Å². The first-order chi connectivity index (χ1) is 8.81. The number of hydrogen-bond acceptors (Lipinski definition) is 4. The molecule has 0 amide bonds. The molecule has 0 fully saturated rings. The highest BCUT2D eigenvalue weighted by atomic mass is 35.5. The fourth-order valence-corrected chi connectivity index (χ4v) is 1.70. The van der Waals surface area contributed by atoms with Gasteiger partial charge in [-0.2, -0.15) is 0 Å². The van der Waals surface area contributed by atoms with Crippen LogP contribution in [0, 0.1) is 0 Å². The van der Waals surface area contributed by atoms with E-state index in [1.807, 2.05) is 18.2 Å². The minimum absolute atomic E-state index is 0.320. The summed E-state index contributed by atoms with van der Waals surface area (Å²) in [5.41, 5.74) is 0. The second kappa shape index (κ2) is 6.35. The molecule has 0 aliphatic carbocycles. The van der Waals surface area contributed by atoms with E-state index >= 15 is 0 Å². The molecule has 0 aliphatic rings. The number of benzene rings is 1. The zero-order valence-electron chi connectivity index (χ0n) is 10.2. The van der Waals surface area contributed by atoms with Crippen LogP contribution in [-0.4, -0.2) is 20.2 Å². The molecule has 0 N–H and O–H groups in total. The Hall–Kier alpha value is -1.62. The van der Waals surface area contributed by atoms with Crippen molar-refractivity contribution < 1.29 is 4.74 Å². The van der Waals surface area contributed by atoms with E-state index in [1.54, 1.807) is 10.7 Å². The van der Waals surface area contributed by atoms with Crippen LogP contribution in [-0.2, 0) is 13.2 Å². The lowest BCUT2D eigenvalue weighted by molar-refractivity contribution is 0.286. The molecular weight excluding hydrogens is 252 g/mol. The number of tetrazole rings is 1. The fraction of sp³-hybridized carbons (Fsp3) is 0.417. The number of hydrogen-bond donors (Lipinski definition) is 0. The Bertz CT molecular complexity index is 500. The zero-order valence-corrected chi connectivity index (χ0v) is 11.0. The molecule has 0 radical (unpaired) electrons. The summed E-state index contributed by atoms with van der Waals surface area (Å²) >= 11 is 6.00. The monoisotopic (exact) mass is 266 g/mol. The van der Waals surface area contributed by atoms with Crippen molar-refractivity contribution in [2.75, 3.05) is 0 Å². The smallest absolute Gasteiger partial charge is 0.189 e. The third-order valence-electron chi connectivity index (χ3n) is 2.52. The summed E-state index contributed by atoms with van der Waals surface area (Å²) in [4.78, 5) is 0. The van der Waals surface area contributed by atoms with Crippen LogP contribution in [0.3, 0.4) is 0 Å². The van der Waals surface area contributed by atoms with Gasteiger partial charge in [0.1, 0.15) is 12.4 Å². The molecule has 1 heterocycles. The third-order valence-corrected chi connectivity index (χ3v) is 2.84. The third kappa shape index (κ3) is 3.20. The minimum Gasteiger partial charge on any atom is -0.484 e. The second-order valence-corrected chi connectivity index (χ2v) is 4.30. The molecule has 0 aliphatic heterocycles. The van der Waals surface area contributed by atoms with Gasteiger partial charge in [-0.1, -0.05) is 37.1 Å². The van der Waals surface area contributed by atoms with E-state index in [4.69, 9.17) is 16.3 Å². The molecule has 0 unspecified atom stereocenters. The number of rotatable bonds is 6. The van der Waals surface area contributed by atoms with Crippen LogP contribution >= 0.6 is 11.6 Å². The van der Waals surface area contributed by atoms with Gasteiger partial charge in [-0.05, 0) is 29.0 Å². The topological polar surface area (TPSA) is 52.8 Å². The lowest BCUT2D eigenvalue weighted by atomic mass is 10.3. The summed E-state index contributed by atoms with van der Waals surface area (Å²) in [7, 11) is 0. The van der Waals surface area contributed by atoms with E-state index in [9.17, 15) is 0 Å². The van der Waals surface area contributed by atoms with Crippen molar-refractivity contribution >= 4 is 11.6 Å². The molecule has 0 saturated carbocycles. The molecule has 96 valence electrons. The van der Waals surface area contributed by atoms with Gasteiger partial charge in [-0.15, -0.1) is 5.10 Å². The Labute approximate surface area is 111 Å². The van der Waals surface area contributed by atoms with E-state index < -0.39 is 0 Å². The van der Waals surface area contributed by atoms with Crippen molar-refractivity contribution in [3.05, 3.63) is 35.1 Å². The number of unbranched alkanes of at least 4 members (excludes halogenated alkanes) is 1. The van der Waals surface area contributed by atoms with E-state index in [-0.39, 0.29) is 0 Å². The van der Waals surface area contributed by atoms with Gasteiger partial charge in [0.05, 0.1) is 5.02 Å². The Morgan fingerprint density at radius 1 is 1.33 bits per heavy atom. The predicted octanol–water partition coefficient (Wildman–Crippen LogP) is 2.71. The molecule has 18 heavy (non-hydrogen) atoms. The standard InChI is InChI=1S/C12H15ClN4O/c1-2-3-8-17-12(14-15-16-17)9-18-11-7-5-4-6-10(11)13/h4-7H,2-3,8-9H2,1H3. The second-order valence-electron chi connectivity index (χ2n) is 3.89. The van der Waals surface area contributed by atoms with E-state index in [2.05, 4.69) is 22.4 Å².